The van der Waals surface area contributed by atoms with Crippen LogP contribution in [-0.4, -0.2) is 63.7 Å². The van der Waals surface area contributed by atoms with Gasteiger partial charge in [-0.05, 0) is 75.9 Å². The van der Waals surface area contributed by atoms with E-state index in [1.165, 1.54) is 0 Å². The second-order valence-corrected chi connectivity index (χ2v) is 11.7. The second-order valence-electron chi connectivity index (χ2n) is 10.6. The van der Waals surface area contributed by atoms with E-state index in [-0.39, 0.29) is 24.2 Å². The van der Waals surface area contributed by atoms with E-state index >= 15 is 0 Å². The molecule has 6 rings (SSSR count). The van der Waals surface area contributed by atoms with E-state index in [9.17, 15) is 9.90 Å². The molecule has 32 heavy (non-hydrogen) atoms. The predicted octanol–water partition coefficient (Wildman–Crippen LogP) is 3.26. The smallest absolute Gasteiger partial charge is 0.255 e. The third kappa shape index (κ3) is 4.38. The lowest BCUT2D eigenvalue weighted by atomic mass is 9.52. The number of nitrogens with zero attached hydrogens (tertiary/aromatic N) is 3. The molecule has 5 fully saturated rings. The number of carbonyl (C=O) groups is 1. The number of hydrogen-bond acceptors (Lipinski definition) is 7. The molecule has 0 radical (unpaired) electrons. The molecule has 8 heteroatoms. The van der Waals surface area contributed by atoms with Gasteiger partial charge in [-0.1, -0.05) is 6.92 Å². The van der Waals surface area contributed by atoms with Crippen molar-refractivity contribution in [1.82, 2.24) is 15.3 Å². The zero-order valence-corrected chi connectivity index (χ0v) is 20.2. The summed E-state index contributed by atoms with van der Waals surface area (Å²) in [6, 6.07) is 0.156. The average Bonchev–Trinajstić information content (AvgIpc) is 2.72. The van der Waals surface area contributed by atoms with Gasteiger partial charge in [0, 0.05) is 25.3 Å². The first kappa shape index (κ1) is 22.4. The van der Waals surface area contributed by atoms with Crippen molar-refractivity contribution < 1.29 is 14.6 Å². The van der Waals surface area contributed by atoms with E-state index in [1.54, 1.807) is 18.0 Å². The molecule has 1 aliphatic heterocycles. The number of morpholine rings is 1. The Morgan fingerprint density at radius 3 is 2.56 bits per heavy atom. The van der Waals surface area contributed by atoms with Gasteiger partial charge in [-0.25, -0.2) is 9.97 Å². The molecule has 4 saturated carbocycles. The van der Waals surface area contributed by atoms with E-state index in [1.807, 2.05) is 0 Å². The highest BCUT2D eigenvalue weighted by atomic mass is 32.2. The van der Waals surface area contributed by atoms with E-state index in [2.05, 4.69) is 36.0 Å². The number of aliphatic hydroxyl groups is 1. The van der Waals surface area contributed by atoms with Gasteiger partial charge in [-0.15, -0.1) is 11.8 Å². The van der Waals surface area contributed by atoms with Gasteiger partial charge < -0.3 is 20.1 Å². The maximum Gasteiger partial charge on any atom is 0.255 e. The molecule has 1 aromatic rings. The summed E-state index contributed by atoms with van der Waals surface area (Å²) in [5.41, 5.74) is 0.0888. The fraction of sp³-hybridized carbons (Fsp3) is 0.792. The minimum absolute atomic E-state index is 0.0664. The van der Waals surface area contributed by atoms with Crippen molar-refractivity contribution in [2.75, 3.05) is 23.7 Å². The van der Waals surface area contributed by atoms with Crippen molar-refractivity contribution in [3.63, 3.8) is 0 Å². The molecule has 7 nitrogen and oxygen atoms in total. The van der Waals surface area contributed by atoms with Gasteiger partial charge in [0.1, 0.15) is 5.03 Å². The topological polar surface area (TPSA) is 87.6 Å². The molecule has 5 aliphatic rings. The Bertz CT molecular complexity index is 842. The molecule has 4 aliphatic carbocycles. The van der Waals surface area contributed by atoms with Gasteiger partial charge in [-0.3, -0.25) is 4.79 Å². The van der Waals surface area contributed by atoms with E-state index < -0.39 is 5.60 Å². The summed E-state index contributed by atoms with van der Waals surface area (Å²) in [5.74, 6) is 2.93. The predicted molar refractivity (Wildman–Crippen MR) is 125 cm³/mol. The van der Waals surface area contributed by atoms with Crippen molar-refractivity contribution >= 4 is 23.6 Å². The first-order chi connectivity index (χ1) is 15.3. The number of aromatic nitrogens is 2. The average molecular weight is 461 g/mol. The fourth-order valence-electron chi connectivity index (χ4n) is 6.76. The van der Waals surface area contributed by atoms with Crippen LogP contribution < -0.4 is 10.2 Å². The van der Waals surface area contributed by atoms with Gasteiger partial charge >= 0.3 is 0 Å². The summed E-state index contributed by atoms with van der Waals surface area (Å²) in [5, 5.41) is 15.0. The van der Waals surface area contributed by atoms with Gasteiger partial charge in [0.25, 0.3) is 5.91 Å². The number of thioether (sulfide) groups is 1. The van der Waals surface area contributed by atoms with Gasteiger partial charge in [0.05, 0.1) is 23.4 Å². The van der Waals surface area contributed by atoms with Gasteiger partial charge in [0.15, 0.2) is 0 Å². The third-order valence-electron chi connectivity index (χ3n) is 7.67. The van der Waals surface area contributed by atoms with Crippen LogP contribution in [0.4, 0.5) is 5.95 Å². The summed E-state index contributed by atoms with van der Waals surface area (Å²) in [6.07, 6.45) is 7.84. The Balaban J connectivity index is 1.34. The highest BCUT2D eigenvalue weighted by molar-refractivity contribution is 7.99. The standard InChI is InChI=1S/C24H36N4O3S/c1-4-5-32-22-19(11-25-23(27-22)28-12-14(2)31-15(3)13-28)21(29)26-20-17-6-16-7-18(20)10-24(30,8-16)9-17/h11,14-18,20,30H,4-10,12-13H2,1-3H3,(H,26,29). The summed E-state index contributed by atoms with van der Waals surface area (Å²) in [4.78, 5) is 25.0. The molecule has 4 bridgehead atoms. The molecule has 1 aromatic heterocycles. The van der Waals surface area contributed by atoms with Crippen molar-refractivity contribution in [2.24, 2.45) is 17.8 Å². The molecule has 0 aromatic carbocycles. The maximum absolute atomic E-state index is 13.4. The minimum Gasteiger partial charge on any atom is -0.390 e. The number of hydrogen-bond donors (Lipinski definition) is 2. The van der Waals surface area contributed by atoms with Crippen LogP contribution in [0.15, 0.2) is 11.2 Å². The van der Waals surface area contributed by atoms with Crippen LogP contribution in [0.3, 0.4) is 0 Å². The van der Waals surface area contributed by atoms with Crippen LogP contribution in [0.25, 0.3) is 0 Å². The minimum atomic E-state index is -0.489. The number of amides is 1. The summed E-state index contributed by atoms with van der Waals surface area (Å²) < 4.78 is 5.85. The van der Waals surface area contributed by atoms with Crippen LogP contribution in [0.1, 0.15) is 69.7 Å². The lowest BCUT2D eigenvalue weighted by molar-refractivity contribution is -0.136. The van der Waals surface area contributed by atoms with Gasteiger partial charge in [-0.2, -0.15) is 0 Å². The molecule has 1 saturated heterocycles. The van der Waals surface area contributed by atoms with Crippen LogP contribution in [-0.2, 0) is 4.74 Å². The second kappa shape index (κ2) is 8.76. The Hall–Kier alpha value is -1.38. The fourth-order valence-corrected chi connectivity index (χ4v) is 7.61. The lowest BCUT2D eigenvalue weighted by Crippen LogP contribution is -2.61. The molecule has 4 atom stereocenters. The zero-order chi connectivity index (χ0) is 22.5. The molecule has 4 unspecified atom stereocenters. The first-order valence-electron chi connectivity index (χ1n) is 12.3. The van der Waals surface area contributed by atoms with Crippen molar-refractivity contribution in [3.05, 3.63) is 11.8 Å². The summed E-state index contributed by atoms with van der Waals surface area (Å²) in [7, 11) is 0. The quantitative estimate of drug-likeness (QED) is 0.498. The van der Waals surface area contributed by atoms with E-state index in [0.29, 0.717) is 29.3 Å². The Labute approximate surface area is 195 Å². The van der Waals surface area contributed by atoms with Crippen LogP contribution >= 0.6 is 11.8 Å². The van der Waals surface area contributed by atoms with Gasteiger partial charge in [0.2, 0.25) is 5.95 Å². The normalized spacial score (nSPS) is 38.2. The van der Waals surface area contributed by atoms with Crippen molar-refractivity contribution in [2.45, 2.75) is 88.2 Å². The molecule has 2 heterocycles. The molecular formula is C24H36N4O3S. The number of anilines is 1. The number of nitrogens with one attached hydrogen (secondary N) is 1. The van der Waals surface area contributed by atoms with E-state index in [0.717, 1.165) is 62.4 Å². The first-order valence-corrected chi connectivity index (χ1v) is 13.3. The van der Waals surface area contributed by atoms with E-state index in [4.69, 9.17) is 9.72 Å². The van der Waals surface area contributed by atoms with Crippen molar-refractivity contribution in [3.8, 4) is 0 Å². The molecule has 1 amide bonds. The van der Waals surface area contributed by atoms with Crippen LogP contribution in [0.2, 0.25) is 0 Å². The molecule has 0 spiro atoms. The lowest BCUT2D eigenvalue weighted by Gasteiger charge is -2.58. The van der Waals surface area contributed by atoms with Crippen LogP contribution in [0.5, 0.6) is 0 Å². The molecule has 2 N–H and O–H groups in total. The SMILES string of the molecule is CCCSc1nc(N2CC(C)OC(C)C2)ncc1C(=O)NC1C2CC3CC1CC(O)(C3)C2. The Kier molecular flexibility index (Phi) is 6.14. The third-order valence-corrected chi connectivity index (χ3v) is 8.87. The molecule has 176 valence electrons. The highest BCUT2D eigenvalue weighted by Gasteiger charge is 2.55. The number of ether oxygens (including phenoxy) is 1. The number of rotatable bonds is 6. The largest absolute Gasteiger partial charge is 0.390 e. The Morgan fingerprint density at radius 2 is 1.94 bits per heavy atom. The Morgan fingerprint density at radius 1 is 1.25 bits per heavy atom. The molecular weight excluding hydrogens is 424 g/mol. The summed E-state index contributed by atoms with van der Waals surface area (Å²) in [6.45, 7) is 7.78. The highest BCUT2D eigenvalue weighted by Crippen LogP contribution is 2.55. The van der Waals surface area contributed by atoms with Crippen molar-refractivity contribution in [1.29, 1.82) is 0 Å². The zero-order valence-electron chi connectivity index (χ0n) is 19.4. The summed E-state index contributed by atoms with van der Waals surface area (Å²) >= 11 is 1.64. The number of carbonyl (C=O) groups excluding carboxylic acids is 1. The maximum atomic E-state index is 13.4. The monoisotopic (exact) mass is 460 g/mol. The van der Waals surface area contributed by atoms with Crippen LogP contribution in [0, 0.1) is 17.8 Å².